The molecule has 1 aliphatic carbocycles. The number of hydrogen-bond donors (Lipinski definition) is 0. The van der Waals surface area contributed by atoms with Gasteiger partial charge in [0, 0.05) is 0 Å². The molecule has 1 atom stereocenters. The molecule has 0 aliphatic heterocycles. The molecule has 1 unspecified atom stereocenters. The van der Waals surface area contributed by atoms with E-state index < -0.39 is 0 Å². The second kappa shape index (κ2) is 4.18. The lowest BCUT2D eigenvalue weighted by molar-refractivity contribution is -0.121. The molecule has 0 saturated carbocycles. The van der Waals surface area contributed by atoms with E-state index in [1.165, 1.54) is 11.1 Å². The number of carbonyl (C=O) groups excluding carboxylic acids is 1. The minimum Gasteiger partial charge on any atom is -0.294 e. The van der Waals surface area contributed by atoms with Gasteiger partial charge in [0.05, 0.1) is 5.41 Å². The van der Waals surface area contributed by atoms with Crippen molar-refractivity contribution in [2.75, 3.05) is 0 Å². The summed E-state index contributed by atoms with van der Waals surface area (Å²) in [5.41, 5.74) is 3.00. The van der Waals surface area contributed by atoms with Crippen LogP contribution in [0.5, 0.6) is 0 Å². The maximum Gasteiger partial charge on any atom is 0.168 e. The van der Waals surface area contributed by atoms with E-state index in [4.69, 9.17) is 0 Å². The Kier molecular flexibility index (Phi) is 3.33. The highest BCUT2D eigenvalue weighted by molar-refractivity contribution is 6.02. The zero-order valence-electron chi connectivity index (χ0n) is 10.3. The lowest BCUT2D eigenvalue weighted by Crippen LogP contribution is -2.28. The molecule has 1 aliphatic rings. The van der Waals surface area contributed by atoms with Crippen LogP contribution in [-0.2, 0) is 4.79 Å². The summed E-state index contributed by atoms with van der Waals surface area (Å²) >= 11 is 0. The van der Waals surface area contributed by atoms with Gasteiger partial charge in [0.2, 0.25) is 0 Å². The molecule has 0 heterocycles. The quantitative estimate of drug-likeness (QED) is 0.625. The van der Waals surface area contributed by atoms with E-state index in [9.17, 15) is 4.79 Å². The normalized spacial score (nSPS) is 25.8. The largest absolute Gasteiger partial charge is 0.294 e. The molecule has 0 bridgehead atoms. The summed E-state index contributed by atoms with van der Waals surface area (Å²) in [5.74, 6) is 0.255. The fourth-order valence-electron chi connectivity index (χ4n) is 2.03. The fourth-order valence-corrected chi connectivity index (χ4v) is 2.03. The van der Waals surface area contributed by atoms with Crippen molar-refractivity contribution in [3.05, 3.63) is 34.9 Å². The Morgan fingerprint density at radius 2 is 2.00 bits per heavy atom. The number of rotatable bonds is 2. The van der Waals surface area contributed by atoms with E-state index in [0.717, 1.165) is 12.0 Å². The van der Waals surface area contributed by atoms with Crippen LogP contribution in [0.2, 0.25) is 0 Å². The monoisotopic (exact) mass is 204 g/mol. The summed E-state index contributed by atoms with van der Waals surface area (Å²) in [6, 6.07) is 0. The highest BCUT2D eigenvalue weighted by Crippen LogP contribution is 2.34. The van der Waals surface area contributed by atoms with Gasteiger partial charge in [0.15, 0.2) is 5.78 Å². The first-order valence-electron chi connectivity index (χ1n) is 5.41. The Morgan fingerprint density at radius 1 is 1.40 bits per heavy atom. The van der Waals surface area contributed by atoms with Gasteiger partial charge in [-0.2, -0.15) is 0 Å². The minimum atomic E-state index is -0.333. The topological polar surface area (TPSA) is 17.1 Å². The van der Waals surface area contributed by atoms with E-state index in [-0.39, 0.29) is 11.2 Å². The van der Waals surface area contributed by atoms with Crippen molar-refractivity contribution in [2.45, 2.75) is 41.0 Å². The van der Waals surface area contributed by atoms with E-state index in [0.29, 0.717) is 0 Å². The van der Waals surface area contributed by atoms with Crippen LogP contribution in [0.25, 0.3) is 0 Å². The van der Waals surface area contributed by atoms with Crippen LogP contribution in [0.1, 0.15) is 41.0 Å². The molecule has 82 valence electrons. The molecule has 15 heavy (non-hydrogen) atoms. The van der Waals surface area contributed by atoms with Crippen LogP contribution < -0.4 is 0 Å². The molecular weight excluding hydrogens is 184 g/mol. The number of ketones is 1. The summed E-state index contributed by atoms with van der Waals surface area (Å²) in [7, 11) is 0. The predicted octanol–water partition coefficient (Wildman–Crippen LogP) is 3.82. The van der Waals surface area contributed by atoms with Gasteiger partial charge in [-0.05, 0) is 46.6 Å². The van der Waals surface area contributed by atoms with Crippen molar-refractivity contribution in [1.82, 2.24) is 0 Å². The third-order valence-electron chi connectivity index (χ3n) is 2.80. The van der Waals surface area contributed by atoms with E-state index >= 15 is 0 Å². The lowest BCUT2D eigenvalue weighted by atomic mass is 9.74. The lowest BCUT2D eigenvalue weighted by Gasteiger charge is -2.27. The van der Waals surface area contributed by atoms with E-state index in [1.807, 2.05) is 19.9 Å². The molecule has 0 aromatic heterocycles. The SMILES string of the molecule is CC(C)=CCC1(C)C=C(C)C=C(C)C1=O. The second-order valence-electron chi connectivity index (χ2n) is 4.95. The zero-order chi connectivity index (χ0) is 11.6. The van der Waals surface area contributed by atoms with Gasteiger partial charge in [0.1, 0.15) is 0 Å². The van der Waals surface area contributed by atoms with Crippen molar-refractivity contribution in [3.63, 3.8) is 0 Å². The van der Waals surface area contributed by atoms with Gasteiger partial charge in [-0.3, -0.25) is 4.79 Å². The Hall–Kier alpha value is -1.11. The molecule has 0 aromatic rings. The highest BCUT2D eigenvalue weighted by Gasteiger charge is 2.32. The minimum absolute atomic E-state index is 0.255. The number of allylic oxidation sites excluding steroid dienone is 6. The first-order chi connectivity index (χ1) is 6.85. The van der Waals surface area contributed by atoms with E-state index in [2.05, 4.69) is 32.9 Å². The summed E-state index contributed by atoms with van der Waals surface area (Å²) in [6.07, 6.45) is 6.99. The molecule has 1 heteroatoms. The molecule has 0 aromatic carbocycles. The van der Waals surface area contributed by atoms with Crippen LogP contribution in [0.4, 0.5) is 0 Å². The standard InChI is InChI=1S/C14H20O/c1-10(2)6-7-14(5)9-11(3)8-12(4)13(14)15/h6,8-9H,7H2,1-5H3. The average Bonchev–Trinajstić information content (AvgIpc) is 2.11. The Labute approximate surface area is 92.6 Å². The molecular formula is C14H20O. The smallest absolute Gasteiger partial charge is 0.168 e. The first-order valence-corrected chi connectivity index (χ1v) is 5.41. The molecule has 0 saturated heterocycles. The first kappa shape index (κ1) is 12.0. The van der Waals surface area contributed by atoms with E-state index in [1.54, 1.807) is 0 Å². The predicted molar refractivity (Wildman–Crippen MR) is 64.7 cm³/mol. The maximum atomic E-state index is 12.1. The van der Waals surface area contributed by atoms with Crippen molar-refractivity contribution in [2.24, 2.45) is 5.41 Å². The fraction of sp³-hybridized carbons (Fsp3) is 0.500. The third-order valence-corrected chi connectivity index (χ3v) is 2.80. The summed E-state index contributed by atoms with van der Waals surface area (Å²) < 4.78 is 0. The second-order valence-corrected chi connectivity index (χ2v) is 4.95. The van der Waals surface area contributed by atoms with Crippen LogP contribution in [-0.4, -0.2) is 5.78 Å². The Morgan fingerprint density at radius 3 is 2.53 bits per heavy atom. The molecule has 1 rings (SSSR count). The van der Waals surface area contributed by atoms with Gasteiger partial charge in [-0.15, -0.1) is 0 Å². The molecule has 0 radical (unpaired) electrons. The number of Topliss-reactive ketones (excluding diaryl/α,β-unsaturated/α-hetero) is 1. The van der Waals surface area contributed by atoms with Crippen LogP contribution in [0.15, 0.2) is 34.9 Å². The highest BCUT2D eigenvalue weighted by atomic mass is 16.1. The molecule has 0 fully saturated rings. The maximum absolute atomic E-state index is 12.1. The third kappa shape index (κ3) is 2.68. The van der Waals surface area contributed by atoms with Crippen LogP contribution in [0.3, 0.4) is 0 Å². The molecule has 0 N–H and O–H groups in total. The average molecular weight is 204 g/mol. The van der Waals surface area contributed by atoms with Gasteiger partial charge in [-0.25, -0.2) is 0 Å². The van der Waals surface area contributed by atoms with Crippen molar-refractivity contribution < 1.29 is 4.79 Å². The summed E-state index contributed by atoms with van der Waals surface area (Å²) in [4.78, 5) is 12.1. The summed E-state index contributed by atoms with van der Waals surface area (Å²) in [6.45, 7) is 10.1. The van der Waals surface area contributed by atoms with Crippen molar-refractivity contribution in [1.29, 1.82) is 0 Å². The van der Waals surface area contributed by atoms with Crippen LogP contribution in [0, 0.1) is 5.41 Å². The van der Waals surface area contributed by atoms with Gasteiger partial charge in [-0.1, -0.05) is 29.4 Å². The van der Waals surface area contributed by atoms with Crippen molar-refractivity contribution in [3.8, 4) is 0 Å². The Bertz CT molecular complexity index is 365. The van der Waals surface area contributed by atoms with Crippen molar-refractivity contribution >= 4 is 5.78 Å². The zero-order valence-corrected chi connectivity index (χ0v) is 10.3. The Balaban J connectivity index is 2.99. The number of hydrogen-bond acceptors (Lipinski definition) is 1. The molecule has 0 spiro atoms. The van der Waals surface area contributed by atoms with Gasteiger partial charge in [0.25, 0.3) is 0 Å². The van der Waals surface area contributed by atoms with Gasteiger partial charge < -0.3 is 0 Å². The van der Waals surface area contributed by atoms with Gasteiger partial charge >= 0.3 is 0 Å². The number of carbonyl (C=O) groups is 1. The summed E-state index contributed by atoms with van der Waals surface area (Å²) in [5, 5.41) is 0. The molecule has 1 nitrogen and oxygen atoms in total. The molecule has 0 amide bonds. The van der Waals surface area contributed by atoms with Crippen LogP contribution >= 0.6 is 0 Å².